The topological polar surface area (TPSA) is 116 Å². The number of nitrogen functional groups attached to an aromatic ring is 1. The average molecular weight is 399 g/mol. The second-order valence-corrected chi connectivity index (χ2v) is 7.33. The summed E-state index contributed by atoms with van der Waals surface area (Å²) in [5.74, 6) is 0.885. The van der Waals surface area contributed by atoms with Crippen LogP contribution in [0.2, 0.25) is 0 Å². The normalized spacial score (nSPS) is 15.2. The molecule has 0 aliphatic carbocycles. The molecule has 1 aliphatic rings. The third kappa shape index (κ3) is 5.88. The fourth-order valence-electron chi connectivity index (χ4n) is 3.47. The largest absolute Gasteiger partial charge is 0.394 e. The van der Waals surface area contributed by atoms with Gasteiger partial charge in [-0.2, -0.15) is 4.98 Å². The lowest BCUT2D eigenvalue weighted by atomic mass is 10.1. The minimum Gasteiger partial charge on any atom is -0.394 e. The summed E-state index contributed by atoms with van der Waals surface area (Å²) in [6.07, 6.45) is 2.39. The van der Waals surface area contributed by atoms with Gasteiger partial charge in [0.25, 0.3) is 5.91 Å². The number of nitrogens with one attached hydrogen (secondary N) is 2. The van der Waals surface area contributed by atoms with E-state index in [1.54, 1.807) is 0 Å². The molecule has 1 aromatic heterocycles. The number of carbonyl (C=O) groups excluding carboxylic acids is 1. The van der Waals surface area contributed by atoms with E-state index < -0.39 is 0 Å². The van der Waals surface area contributed by atoms with Gasteiger partial charge in [0.2, 0.25) is 5.95 Å². The Balaban J connectivity index is 1.67. The SMILES string of the molecule is CCCC(CO)Nc1cc(Cc2ccc(C(=O)N3CCNCC3)cc2)nc(N)n1. The van der Waals surface area contributed by atoms with Crippen LogP contribution in [0.1, 0.15) is 41.4 Å². The summed E-state index contributed by atoms with van der Waals surface area (Å²) >= 11 is 0. The summed E-state index contributed by atoms with van der Waals surface area (Å²) in [6.45, 7) is 5.26. The molecule has 1 aromatic carbocycles. The number of aromatic nitrogens is 2. The first kappa shape index (κ1) is 21.0. The van der Waals surface area contributed by atoms with E-state index in [1.807, 2.05) is 35.2 Å². The molecule has 29 heavy (non-hydrogen) atoms. The van der Waals surface area contributed by atoms with Crippen LogP contribution >= 0.6 is 0 Å². The van der Waals surface area contributed by atoms with Crippen molar-refractivity contribution in [2.75, 3.05) is 43.8 Å². The van der Waals surface area contributed by atoms with Gasteiger partial charge in [0.1, 0.15) is 5.82 Å². The van der Waals surface area contributed by atoms with Gasteiger partial charge in [0, 0.05) is 44.2 Å². The lowest BCUT2D eigenvalue weighted by Gasteiger charge is -2.27. The van der Waals surface area contributed by atoms with Crippen molar-refractivity contribution in [1.29, 1.82) is 0 Å². The molecule has 1 saturated heterocycles. The number of benzene rings is 1. The highest BCUT2D eigenvalue weighted by atomic mass is 16.3. The summed E-state index contributed by atoms with van der Waals surface area (Å²) < 4.78 is 0. The molecule has 0 radical (unpaired) electrons. The second kappa shape index (κ2) is 10.2. The van der Waals surface area contributed by atoms with E-state index in [1.165, 1.54) is 0 Å². The highest BCUT2D eigenvalue weighted by molar-refractivity contribution is 5.94. The van der Waals surface area contributed by atoms with E-state index in [2.05, 4.69) is 27.5 Å². The third-order valence-corrected chi connectivity index (χ3v) is 5.00. The Bertz CT molecular complexity index is 805. The van der Waals surface area contributed by atoms with Crippen molar-refractivity contribution in [3.63, 3.8) is 0 Å². The van der Waals surface area contributed by atoms with Gasteiger partial charge in [0.15, 0.2) is 0 Å². The zero-order valence-corrected chi connectivity index (χ0v) is 16.9. The van der Waals surface area contributed by atoms with Gasteiger partial charge < -0.3 is 26.4 Å². The molecule has 8 heteroatoms. The quantitative estimate of drug-likeness (QED) is 0.529. The highest BCUT2D eigenvalue weighted by Crippen LogP contribution is 2.16. The fourth-order valence-corrected chi connectivity index (χ4v) is 3.47. The number of rotatable bonds is 8. The van der Waals surface area contributed by atoms with E-state index in [-0.39, 0.29) is 24.5 Å². The molecule has 0 saturated carbocycles. The molecule has 0 bridgehead atoms. The van der Waals surface area contributed by atoms with Crippen LogP contribution in [0, 0.1) is 0 Å². The minimum atomic E-state index is -0.0579. The van der Waals surface area contributed by atoms with Crippen molar-refractivity contribution >= 4 is 17.7 Å². The Labute approximate surface area is 171 Å². The van der Waals surface area contributed by atoms with E-state index in [4.69, 9.17) is 5.73 Å². The lowest BCUT2D eigenvalue weighted by Crippen LogP contribution is -2.46. The van der Waals surface area contributed by atoms with E-state index in [0.717, 1.165) is 50.3 Å². The Morgan fingerprint density at radius 2 is 2.00 bits per heavy atom. The lowest BCUT2D eigenvalue weighted by molar-refractivity contribution is 0.0736. The highest BCUT2D eigenvalue weighted by Gasteiger charge is 2.17. The van der Waals surface area contributed by atoms with E-state index in [9.17, 15) is 9.90 Å². The molecule has 1 amide bonds. The Morgan fingerprint density at radius 3 is 2.66 bits per heavy atom. The summed E-state index contributed by atoms with van der Waals surface area (Å²) in [6, 6.07) is 9.44. The van der Waals surface area contributed by atoms with Gasteiger partial charge in [-0.15, -0.1) is 0 Å². The van der Waals surface area contributed by atoms with Crippen molar-refractivity contribution in [3.8, 4) is 0 Å². The smallest absolute Gasteiger partial charge is 0.253 e. The Morgan fingerprint density at radius 1 is 1.28 bits per heavy atom. The Hall–Kier alpha value is -2.71. The predicted molar refractivity (Wildman–Crippen MR) is 114 cm³/mol. The number of hydrogen-bond donors (Lipinski definition) is 4. The molecular weight excluding hydrogens is 368 g/mol. The summed E-state index contributed by atoms with van der Waals surface area (Å²) in [7, 11) is 0. The third-order valence-electron chi connectivity index (χ3n) is 5.00. The molecule has 2 aromatic rings. The molecule has 156 valence electrons. The molecule has 1 atom stereocenters. The van der Waals surface area contributed by atoms with Crippen molar-refractivity contribution in [2.24, 2.45) is 0 Å². The summed E-state index contributed by atoms with van der Waals surface area (Å²) in [5.41, 5.74) is 8.40. The maximum absolute atomic E-state index is 12.6. The van der Waals surface area contributed by atoms with Crippen LogP contribution in [-0.4, -0.2) is 64.7 Å². The second-order valence-electron chi connectivity index (χ2n) is 7.33. The molecule has 1 fully saturated rings. The van der Waals surface area contributed by atoms with Crippen molar-refractivity contribution in [1.82, 2.24) is 20.2 Å². The van der Waals surface area contributed by atoms with Crippen LogP contribution in [0.5, 0.6) is 0 Å². The standard InChI is InChI=1S/C21H30N6O2/c1-2-3-17(14-28)24-19-13-18(25-21(22)26-19)12-15-4-6-16(7-5-15)20(29)27-10-8-23-9-11-27/h4-7,13,17,23,28H,2-3,8-12,14H2,1H3,(H3,22,24,25,26). The van der Waals surface area contributed by atoms with Gasteiger partial charge in [-0.1, -0.05) is 25.5 Å². The first-order chi connectivity index (χ1) is 14.1. The van der Waals surface area contributed by atoms with Crippen molar-refractivity contribution in [2.45, 2.75) is 32.2 Å². The number of anilines is 2. The molecular formula is C21H30N6O2. The predicted octanol–water partition coefficient (Wildman–Crippen LogP) is 1.27. The van der Waals surface area contributed by atoms with E-state index >= 15 is 0 Å². The van der Waals surface area contributed by atoms with Crippen LogP contribution < -0.4 is 16.4 Å². The number of hydrogen-bond acceptors (Lipinski definition) is 7. The first-order valence-electron chi connectivity index (χ1n) is 10.2. The zero-order chi connectivity index (χ0) is 20.6. The molecule has 0 spiro atoms. The monoisotopic (exact) mass is 398 g/mol. The molecule has 3 rings (SSSR count). The minimum absolute atomic E-state index is 0.0374. The van der Waals surface area contributed by atoms with Crippen molar-refractivity contribution < 1.29 is 9.90 Å². The number of nitrogens with two attached hydrogens (primary N) is 1. The molecule has 2 heterocycles. The van der Waals surface area contributed by atoms with Crippen LogP contribution in [0.4, 0.5) is 11.8 Å². The van der Waals surface area contributed by atoms with Gasteiger partial charge in [-0.05, 0) is 24.1 Å². The van der Waals surface area contributed by atoms with Crippen LogP contribution in [0.25, 0.3) is 0 Å². The van der Waals surface area contributed by atoms with Gasteiger partial charge >= 0.3 is 0 Å². The maximum Gasteiger partial charge on any atom is 0.253 e. The first-order valence-corrected chi connectivity index (χ1v) is 10.2. The average Bonchev–Trinajstić information content (AvgIpc) is 2.73. The number of carbonyl (C=O) groups is 1. The van der Waals surface area contributed by atoms with Crippen LogP contribution in [-0.2, 0) is 6.42 Å². The van der Waals surface area contributed by atoms with Crippen molar-refractivity contribution in [3.05, 3.63) is 47.2 Å². The van der Waals surface area contributed by atoms with Crippen LogP contribution in [0.15, 0.2) is 30.3 Å². The molecule has 1 aliphatic heterocycles. The summed E-state index contributed by atoms with van der Waals surface area (Å²) in [5, 5.41) is 16.0. The fraction of sp³-hybridized carbons (Fsp3) is 0.476. The number of aliphatic hydroxyl groups excluding tert-OH is 1. The number of piperazine rings is 1. The number of nitrogens with zero attached hydrogens (tertiary/aromatic N) is 3. The van der Waals surface area contributed by atoms with Crippen LogP contribution in [0.3, 0.4) is 0 Å². The van der Waals surface area contributed by atoms with Gasteiger partial charge in [-0.3, -0.25) is 4.79 Å². The van der Waals surface area contributed by atoms with Gasteiger partial charge in [0.05, 0.1) is 18.3 Å². The number of amides is 1. The zero-order valence-electron chi connectivity index (χ0n) is 16.9. The van der Waals surface area contributed by atoms with Gasteiger partial charge in [-0.25, -0.2) is 4.98 Å². The molecule has 5 N–H and O–H groups in total. The molecule has 8 nitrogen and oxygen atoms in total. The van der Waals surface area contributed by atoms with E-state index in [0.29, 0.717) is 17.8 Å². The maximum atomic E-state index is 12.6. The number of aliphatic hydroxyl groups is 1. The molecule has 1 unspecified atom stereocenters. The summed E-state index contributed by atoms with van der Waals surface area (Å²) in [4.78, 5) is 23.0. The Kier molecular flexibility index (Phi) is 7.37.